The van der Waals surface area contributed by atoms with Crippen molar-refractivity contribution in [2.75, 3.05) is 0 Å². The van der Waals surface area contributed by atoms with Gasteiger partial charge in [0.25, 0.3) is 0 Å². The Hall–Kier alpha value is -2.32. The first-order chi connectivity index (χ1) is 13.8. The zero-order valence-corrected chi connectivity index (χ0v) is 19.2. The van der Waals surface area contributed by atoms with Gasteiger partial charge >= 0.3 is 173 Å². The quantitative estimate of drug-likeness (QED) is 0.351. The Kier molecular flexibility index (Phi) is 5.97. The minimum absolute atomic E-state index is 0.512. The van der Waals surface area contributed by atoms with E-state index in [1.54, 1.807) is 10.7 Å². The number of benzene rings is 4. The second-order valence-corrected chi connectivity index (χ2v) is 18.8. The topological polar surface area (TPSA) is 0 Å². The van der Waals surface area contributed by atoms with Gasteiger partial charge in [-0.3, -0.25) is 0 Å². The van der Waals surface area contributed by atoms with Crippen LogP contribution in [0.1, 0.15) is 18.4 Å². The molecule has 0 aliphatic carbocycles. The summed E-state index contributed by atoms with van der Waals surface area (Å²) < 4.78 is 5.88. The van der Waals surface area contributed by atoms with E-state index in [0.29, 0.717) is 5.92 Å². The van der Waals surface area contributed by atoms with Crippen molar-refractivity contribution >= 4 is 29.1 Å². The molecular weight excluding hydrogens is 443 g/mol. The van der Waals surface area contributed by atoms with Gasteiger partial charge in [-0.05, 0) is 0 Å². The SMILES string of the molecule is CC([CH2][Sn]([c]1ccccc1)([c]1ccccc1)[c]1ccccc1)c1ccccc1. The van der Waals surface area contributed by atoms with Gasteiger partial charge < -0.3 is 0 Å². The summed E-state index contributed by atoms with van der Waals surface area (Å²) >= 11 is -3.18. The number of rotatable bonds is 6. The summed E-state index contributed by atoms with van der Waals surface area (Å²) in [6, 6.07) is 44.9. The van der Waals surface area contributed by atoms with Crippen LogP contribution in [0.3, 0.4) is 0 Å². The third kappa shape index (κ3) is 3.79. The second kappa shape index (κ2) is 8.79. The molecule has 1 unspecified atom stereocenters. The monoisotopic (exact) mass is 470 g/mol. The molecule has 0 aliphatic rings. The molecule has 1 atom stereocenters. The van der Waals surface area contributed by atoms with Crippen LogP contribution < -0.4 is 10.7 Å². The van der Waals surface area contributed by atoms with Crippen molar-refractivity contribution in [1.29, 1.82) is 0 Å². The van der Waals surface area contributed by atoms with Crippen LogP contribution in [-0.4, -0.2) is 18.4 Å². The van der Waals surface area contributed by atoms with Crippen LogP contribution in [0.15, 0.2) is 121 Å². The van der Waals surface area contributed by atoms with Crippen LogP contribution >= 0.6 is 0 Å². The van der Waals surface area contributed by atoms with Crippen LogP contribution in [0.5, 0.6) is 0 Å². The van der Waals surface area contributed by atoms with Gasteiger partial charge in [-0.2, -0.15) is 0 Å². The normalized spacial score (nSPS) is 12.5. The van der Waals surface area contributed by atoms with Gasteiger partial charge in [0.05, 0.1) is 0 Å². The third-order valence-electron chi connectivity index (χ3n) is 5.78. The van der Waals surface area contributed by atoms with Gasteiger partial charge in [0.15, 0.2) is 0 Å². The fraction of sp³-hybridized carbons (Fsp3) is 0.111. The Morgan fingerprint density at radius 1 is 0.500 bits per heavy atom. The van der Waals surface area contributed by atoms with E-state index in [-0.39, 0.29) is 0 Å². The minimum atomic E-state index is -3.18. The molecule has 0 fully saturated rings. The summed E-state index contributed by atoms with van der Waals surface area (Å²) in [6.45, 7) is 2.40. The first kappa shape index (κ1) is 19.0. The molecule has 0 aliphatic heterocycles. The number of hydrogen-bond acceptors (Lipinski definition) is 0. The molecule has 4 rings (SSSR count). The Morgan fingerprint density at radius 3 is 1.18 bits per heavy atom. The van der Waals surface area contributed by atoms with Crippen LogP contribution in [0.25, 0.3) is 0 Å². The zero-order valence-electron chi connectivity index (χ0n) is 16.3. The van der Waals surface area contributed by atoms with Crippen molar-refractivity contribution in [1.82, 2.24) is 0 Å². The molecule has 4 aromatic rings. The molecule has 0 spiro atoms. The summed E-state index contributed by atoms with van der Waals surface area (Å²) in [6.07, 6.45) is 0. The Labute approximate surface area is 172 Å². The molecule has 0 nitrogen and oxygen atoms in total. The van der Waals surface area contributed by atoms with Crippen molar-refractivity contribution in [3.05, 3.63) is 127 Å². The molecule has 0 bridgehead atoms. The number of hydrogen-bond donors (Lipinski definition) is 0. The van der Waals surface area contributed by atoms with E-state index in [4.69, 9.17) is 0 Å². The first-order valence-electron chi connectivity index (χ1n) is 10.0. The van der Waals surface area contributed by atoms with Gasteiger partial charge in [-0.15, -0.1) is 0 Å². The molecular formula is C27H26Sn. The van der Waals surface area contributed by atoms with Gasteiger partial charge in [0, 0.05) is 0 Å². The molecule has 28 heavy (non-hydrogen) atoms. The average molecular weight is 469 g/mol. The molecule has 0 amide bonds. The predicted octanol–water partition coefficient (Wildman–Crippen LogP) is 4.96. The maximum absolute atomic E-state index is 3.18. The van der Waals surface area contributed by atoms with Crippen molar-refractivity contribution < 1.29 is 0 Å². The fourth-order valence-corrected chi connectivity index (χ4v) is 19.1. The average Bonchev–Trinajstić information content (AvgIpc) is 2.80. The standard InChI is InChI=1S/C9H11.3C6H5.Sn/c1-8(2)9-6-4-3-5-7-9;3*1-2-4-6-5-3-1;/h3-8H,1H2,2H3;3*1-5H;. The summed E-state index contributed by atoms with van der Waals surface area (Å²) in [4.78, 5) is 0. The zero-order chi connectivity index (χ0) is 19.2. The second-order valence-electron chi connectivity index (χ2n) is 7.52. The Morgan fingerprint density at radius 2 is 0.821 bits per heavy atom. The molecule has 0 aromatic heterocycles. The van der Waals surface area contributed by atoms with E-state index < -0.39 is 18.4 Å². The van der Waals surface area contributed by atoms with Gasteiger partial charge in [-0.25, -0.2) is 0 Å². The first-order valence-corrected chi connectivity index (χ1v) is 16.3. The summed E-state index contributed by atoms with van der Waals surface area (Å²) in [5.74, 6) is 0.512. The maximum atomic E-state index is 2.40. The molecule has 0 radical (unpaired) electrons. The molecule has 0 heterocycles. The van der Waals surface area contributed by atoms with Crippen LogP contribution in [-0.2, 0) is 0 Å². The van der Waals surface area contributed by atoms with E-state index in [0.717, 1.165) is 0 Å². The van der Waals surface area contributed by atoms with Gasteiger partial charge in [0.1, 0.15) is 0 Å². The summed E-state index contributed by atoms with van der Waals surface area (Å²) in [5.41, 5.74) is 1.44. The van der Waals surface area contributed by atoms with E-state index in [2.05, 4.69) is 128 Å². The summed E-state index contributed by atoms with van der Waals surface area (Å²) in [7, 11) is 0. The van der Waals surface area contributed by atoms with Crippen molar-refractivity contribution in [2.24, 2.45) is 0 Å². The predicted molar refractivity (Wildman–Crippen MR) is 124 cm³/mol. The van der Waals surface area contributed by atoms with Gasteiger partial charge in [-0.1, -0.05) is 0 Å². The molecule has 138 valence electrons. The van der Waals surface area contributed by atoms with Crippen molar-refractivity contribution in [2.45, 2.75) is 17.3 Å². The van der Waals surface area contributed by atoms with E-state index in [1.807, 2.05) is 0 Å². The van der Waals surface area contributed by atoms with Crippen LogP contribution in [0, 0.1) is 0 Å². The Balaban J connectivity index is 1.93. The van der Waals surface area contributed by atoms with Crippen LogP contribution in [0.4, 0.5) is 0 Å². The fourth-order valence-electron chi connectivity index (χ4n) is 4.38. The molecule has 0 saturated carbocycles. The molecule has 1 heteroatoms. The third-order valence-corrected chi connectivity index (χ3v) is 20.6. The van der Waals surface area contributed by atoms with Crippen LogP contribution in [0.2, 0.25) is 4.44 Å². The Bertz CT molecular complexity index is 883. The van der Waals surface area contributed by atoms with E-state index in [1.165, 1.54) is 10.0 Å². The van der Waals surface area contributed by atoms with E-state index >= 15 is 0 Å². The van der Waals surface area contributed by atoms with Crippen molar-refractivity contribution in [3.63, 3.8) is 0 Å². The van der Waals surface area contributed by atoms with E-state index in [9.17, 15) is 0 Å². The molecule has 4 aromatic carbocycles. The molecule has 0 N–H and O–H groups in total. The summed E-state index contributed by atoms with van der Waals surface area (Å²) in [5, 5.41) is 0. The van der Waals surface area contributed by atoms with Gasteiger partial charge in [0.2, 0.25) is 0 Å². The molecule has 0 saturated heterocycles. The van der Waals surface area contributed by atoms with Crippen molar-refractivity contribution in [3.8, 4) is 0 Å².